The van der Waals surface area contributed by atoms with Gasteiger partial charge in [0, 0.05) is 9.61 Å². The second-order valence-electron chi connectivity index (χ2n) is 4.52. The summed E-state index contributed by atoms with van der Waals surface area (Å²) < 4.78 is 0.833. The lowest BCUT2D eigenvalue weighted by molar-refractivity contribution is -0.123. The lowest BCUT2D eigenvalue weighted by Crippen LogP contribution is -2.46. The molecule has 6 heteroatoms. The molecule has 1 unspecified atom stereocenters. The van der Waals surface area contributed by atoms with Crippen molar-refractivity contribution in [3.63, 3.8) is 0 Å². The van der Waals surface area contributed by atoms with Gasteiger partial charge in [0.25, 0.3) is 5.91 Å². The van der Waals surface area contributed by atoms with Crippen LogP contribution in [0.2, 0.25) is 0 Å². The molecule has 1 rings (SSSR count). The molecule has 0 aliphatic carbocycles. The number of halogens is 1. The smallest absolute Gasteiger partial charge is 0.255 e. The molecule has 0 saturated carbocycles. The Morgan fingerprint density at radius 1 is 1.21 bits per heavy atom. The third kappa shape index (κ3) is 4.70. The number of phenols is 1. The Hall–Kier alpha value is -1.31. The first-order valence-corrected chi connectivity index (χ1v) is 6.99. The number of phenolic OH excluding ortho intramolecular Hbond substituents is 1. The van der Waals surface area contributed by atoms with Crippen LogP contribution in [-0.4, -0.2) is 29.0 Å². The number of nitrogens with one attached hydrogen (secondary N) is 2. The van der Waals surface area contributed by atoms with Crippen LogP contribution in [0.5, 0.6) is 5.75 Å². The van der Waals surface area contributed by atoms with E-state index in [2.05, 4.69) is 10.6 Å². The molecule has 0 fully saturated rings. The van der Waals surface area contributed by atoms with Gasteiger partial charge in [-0.2, -0.15) is 0 Å². The van der Waals surface area contributed by atoms with Gasteiger partial charge in [-0.1, -0.05) is 0 Å². The number of carbonyl (C=O) groups is 2. The highest BCUT2D eigenvalue weighted by atomic mass is 127. The first-order valence-electron chi connectivity index (χ1n) is 5.91. The van der Waals surface area contributed by atoms with Gasteiger partial charge in [0.05, 0.1) is 5.56 Å². The van der Waals surface area contributed by atoms with Gasteiger partial charge in [0.1, 0.15) is 11.8 Å². The minimum atomic E-state index is -0.660. The van der Waals surface area contributed by atoms with E-state index in [1.807, 2.05) is 36.4 Å². The molecule has 0 aromatic heterocycles. The average molecular weight is 376 g/mol. The van der Waals surface area contributed by atoms with E-state index in [1.54, 1.807) is 19.1 Å². The van der Waals surface area contributed by atoms with Crippen LogP contribution in [0, 0.1) is 3.57 Å². The van der Waals surface area contributed by atoms with E-state index in [9.17, 15) is 14.7 Å². The number of amides is 2. The van der Waals surface area contributed by atoms with Crippen LogP contribution in [0.25, 0.3) is 0 Å². The first-order chi connectivity index (χ1) is 8.81. The lowest BCUT2D eigenvalue weighted by atomic mass is 10.1. The Morgan fingerprint density at radius 2 is 1.84 bits per heavy atom. The molecule has 0 radical (unpaired) electrons. The van der Waals surface area contributed by atoms with Crippen molar-refractivity contribution >= 4 is 34.4 Å². The van der Waals surface area contributed by atoms with Crippen molar-refractivity contribution < 1.29 is 14.7 Å². The van der Waals surface area contributed by atoms with Crippen molar-refractivity contribution in [2.45, 2.75) is 32.9 Å². The largest absolute Gasteiger partial charge is 0.507 e. The standard InChI is InChI=1S/C13H17IN2O3/c1-7(2)15-12(18)8(3)16-13(19)10-6-9(14)4-5-11(10)17/h4-8,17H,1-3H3,(H,15,18)(H,16,19). The first kappa shape index (κ1) is 15.7. The molecule has 19 heavy (non-hydrogen) atoms. The van der Waals surface area contributed by atoms with Crippen LogP contribution in [0.4, 0.5) is 0 Å². The fourth-order valence-electron chi connectivity index (χ4n) is 1.44. The summed E-state index contributed by atoms with van der Waals surface area (Å²) in [6.07, 6.45) is 0. The SMILES string of the molecule is CC(C)NC(=O)C(C)NC(=O)c1cc(I)ccc1O. The molecule has 0 heterocycles. The minimum absolute atomic E-state index is 0.0120. The fraction of sp³-hybridized carbons (Fsp3) is 0.385. The molecule has 0 saturated heterocycles. The number of benzene rings is 1. The maximum Gasteiger partial charge on any atom is 0.255 e. The lowest BCUT2D eigenvalue weighted by Gasteiger charge is -2.16. The third-order valence-electron chi connectivity index (χ3n) is 2.38. The van der Waals surface area contributed by atoms with Gasteiger partial charge in [-0.05, 0) is 61.6 Å². The van der Waals surface area contributed by atoms with Crippen LogP contribution in [0.3, 0.4) is 0 Å². The van der Waals surface area contributed by atoms with Crippen molar-refractivity contribution in [2.75, 3.05) is 0 Å². The summed E-state index contributed by atoms with van der Waals surface area (Å²) in [5.41, 5.74) is 0.163. The van der Waals surface area contributed by atoms with Gasteiger partial charge in [-0.25, -0.2) is 0 Å². The molecular weight excluding hydrogens is 359 g/mol. The molecule has 1 aromatic rings. The normalized spacial score (nSPS) is 12.1. The molecule has 3 N–H and O–H groups in total. The molecule has 5 nitrogen and oxygen atoms in total. The van der Waals surface area contributed by atoms with Gasteiger partial charge >= 0.3 is 0 Å². The molecule has 1 atom stereocenters. The Morgan fingerprint density at radius 3 is 2.42 bits per heavy atom. The summed E-state index contributed by atoms with van der Waals surface area (Å²) in [6, 6.07) is 4.07. The van der Waals surface area contributed by atoms with E-state index in [0.717, 1.165) is 3.57 Å². The van der Waals surface area contributed by atoms with Crippen LogP contribution in [0.15, 0.2) is 18.2 Å². The summed E-state index contributed by atoms with van der Waals surface area (Å²) in [5, 5.41) is 14.9. The van der Waals surface area contributed by atoms with Crippen LogP contribution in [0.1, 0.15) is 31.1 Å². The van der Waals surface area contributed by atoms with Crippen LogP contribution >= 0.6 is 22.6 Å². The number of rotatable bonds is 4. The maximum absolute atomic E-state index is 12.0. The Labute approximate surface area is 125 Å². The highest BCUT2D eigenvalue weighted by Crippen LogP contribution is 2.19. The predicted molar refractivity (Wildman–Crippen MR) is 81.0 cm³/mol. The molecule has 0 aliphatic rings. The maximum atomic E-state index is 12.0. The van der Waals surface area contributed by atoms with E-state index in [4.69, 9.17) is 0 Å². The van der Waals surface area contributed by atoms with Crippen LogP contribution in [-0.2, 0) is 4.79 Å². The van der Waals surface area contributed by atoms with Crippen molar-refractivity contribution in [1.29, 1.82) is 0 Å². The molecular formula is C13H17IN2O3. The van der Waals surface area contributed by atoms with E-state index in [0.29, 0.717) is 0 Å². The highest BCUT2D eigenvalue weighted by Gasteiger charge is 2.19. The number of aromatic hydroxyl groups is 1. The second kappa shape index (κ2) is 6.74. The third-order valence-corrected chi connectivity index (χ3v) is 3.05. The summed E-state index contributed by atoms with van der Waals surface area (Å²) in [6.45, 7) is 5.29. The summed E-state index contributed by atoms with van der Waals surface area (Å²) in [7, 11) is 0. The Bertz CT molecular complexity index is 489. The zero-order valence-electron chi connectivity index (χ0n) is 11.0. The summed E-state index contributed by atoms with van der Waals surface area (Å²) >= 11 is 2.05. The molecule has 0 bridgehead atoms. The van der Waals surface area contributed by atoms with Crippen molar-refractivity contribution in [3.8, 4) is 5.75 Å². The highest BCUT2D eigenvalue weighted by molar-refractivity contribution is 14.1. The molecule has 0 spiro atoms. The number of hydrogen-bond donors (Lipinski definition) is 3. The summed E-state index contributed by atoms with van der Waals surface area (Å²) in [5.74, 6) is -0.828. The van der Waals surface area contributed by atoms with Crippen molar-refractivity contribution in [3.05, 3.63) is 27.3 Å². The molecule has 104 valence electrons. The van der Waals surface area contributed by atoms with Gasteiger partial charge in [0.15, 0.2) is 0 Å². The molecule has 2 amide bonds. The van der Waals surface area contributed by atoms with Gasteiger partial charge in [-0.3, -0.25) is 9.59 Å². The van der Waals surface area contributed by atoms with Gasteiger partial charge < -0.3 is 15.7 Å². The molecule has 0 aliphatic heterocycles. The second-order valence-corrected chi connectivity index (χ2v) is 5.77. The average Bonchev–Trinajstić information content (AvgIpc) is 2.31. The van der Waals surface area contributed by atoms with E-state index < -0.39 is 11.9 Å². The summed E-state index contributed by atoms with van der Waals surface area (Å²) in [4.78, 5) is 23.6. The Balaban J connectivity index is 2.74. The molecule has 1 aromatic carbocycles. The van der Waals surface area contributed by atoms with Gasteiger partial charge in [-0.15, -0.1) is 0 Å². The van der Waals surface area contributed by atoms with Crippen LogP contribution < -0.4 is 10.6 Å². The quantitative estimate of drug-likeness (QED) is 0.700. The van der Waals surface area contributed by atoms with Crippen molar-refractivity contribution in [2.24, 2.45) is 0 Å². The fourth-order valence-corrected chi connectivity index (χ4v) is 1.93. The number of carbonyl (C=O) groups excluding carboxylic acids is 2. The van der Waals surface area contributed by atoms with E-state index in [-0.39, 0.29) is 23.3 Å². The topological polar surface area (TPSA) is 78.4 Å². The minimum Gasteiger partial charge on any atom is -0.507 e. The van der Waals surface area contributed by atoms with E-state index >= 15 is 0 Å². The van der Waals surface area contributed by atoms with Gasteiger partial charge in [0.2, 0.25) is 5.91 Å². The van der Waals surface area contributed by atoms with Crippen molar-refractivity contribution in [1.82, 2.24) is 10.6 Å². The zero-order chi connectivity index (χ0) is 14.6. The monoisotopic (exact) mass is 376 g/mol. The number of hydrogen-bond acceptors (Lipinski definition) is 3. The predicted octanol–water partition coefficient (Wildman–Crippen LogP) is 1.64. The zero-order valence-corrected chi connectivity index (χ0v) is 13.2. The van der Waals surface area contributed by atoms with E-state index in [1.165, 1.54) is 6.07 Å². The Kier molecular flexibility index (Phi) is 5.59.